The molecule has 0 aliphatic carbocycles. The standard InChI is InChI=1S/C19H17NO7/c1-10-4-3-5-12(18(10)23)19(24)25-8-17(22)20-14-7-16-15(26-9-27-16)6-13(14)11(2)21/h3-7,23H,8-9H2,1-2H3,(H,20,22). The molecule has 0 unspecified atom stereocenters. The molecule has 0 saturated heterocycles. The van der Waals surface area contributed by atoms with E-state index in [1.165, 1.54) is 25.1 Å². The first kappa shape index (κ1) is 18.2. The molecule has 0 saturated carbocycles. The van der Waals surface area contributed by atoms with Crippen LogP contribution in [0.3, 0.4) is 0 Å². The zero-order valence-electron chi connectivity index (χ0n) is 14.7. The molecule has 2 aromatic rings. The summed E-state index contributed by atoms with van der Waals surface area (Å²) in [7, 11) is 0. The van der Waals surface area contributed by atoms with Crippen LogP contribution in [0, 0.1) is 6.92 Å². The van der Waals surface area contributed by atoms with Crippen molar-refractivity contribution in [2.75, 3.05) is 18.7 Å². The minimum Gasteiger partial charge on any atom is -0.507 e. The molecule has 8 heteroatoms. The number of esters is 1. The lowest BCUT2D eigenvalue weighted by molar-refractivity contribution is -0.119. The van der Waals surface area contributed by atoms with E-state index >= 15 is 0 Å². The number of phenols is 1. The summed E-state index contributed by atoms with van der Waals surface area (Å²) in [6.07, 6.45) is 0. The van der Waals surface area contributed by atoms with Gasteiger partial charge >= 0.3 is 5.97 Å². The third-order valence-electron chi connectivity index (χ3n) is 3.96. The van der Waals surface area contributed by atoms with Gasteiger partial charge in [-0.3, -0.25) is 9.59 Å². The second kappa shape index (κ2) is 7.36. The van der Waals surface area contributed by atoms with Crippen LogP contribution in [0.2, 0.25) is 0 Å². The summed E-state index contributed by atoms with van der Waals surface area (Å²) in [5, 5.41) is 12.4. The molecule has 0 radical (unpaired) electrons. The van der Waals surface area contributed by atoms with Gasteiger partial charge in [0.2, 0.25) is 6.79 Å². The van der Waals surface area contributed by atoms with Crippen LogP contribution >= 0.6 is 0 Å². The van der Waals surface area contributed by atoms with Gasteiger partial charge in [0, 0.05) is 11.6 Å². The largest absolute Gasteiger partial charge is 0.507 e. The first-order valence-electron chi connectivity index (χ1n) is 8.07. The molecular weight excluding hydrogens is 354 g/mol. The van der Waals surface area contributed by atoms with E-state index in [2.05, 4.69) is 5.32 Å². The van der Waals surface area contributed by atoms with Crippen LogP contribution in [0.1, 0.15) is 33.2 Å². The maximum Gasteiger partial charge on any atom is 0.342 e. The monoisotopic (exact) mass is 371 g/mol. The average Bonchev–Trinajstić information content (AvgIpc) is 3.08. The highest BCUT2D eigenvalue weighted by Crippen LogP contribution is 2.37. The number of phenolic OH excluding ortho intramolecular Hbond substituents is 1. The third kappa shape index (κ3) is 3.84. The zero-order chi connectivity index (χ0) is 19.6. The molecule has 1 amide bonds. The smallest absolute Gasteiger partial charge is 0.342 e. The zero-order valence-corrected chi connectivity index (χ0v) is 14.7. The van der Waals surface area contributed by atoms with Crippen molar-refractivity contribution in [3.63, 3.8) is 0 Å². The van der Waals surface area contributed by atoms with E-state index in [0.717, 1.165) is 0 Å². The number of hydrogen-bond acceptors (Lipinski definition) is 7. The van der Waals surface area contributed by atoms with E-state index in [0.29, 0.717) is 17.1 Å². The van der Waals surface area contributed by atoms with Gasteiger partial charge in [0.1, 0.15) is 11.3 Å². The lowest BCUT2D eigenvalue weighted by atomic mass is 10.1. The number of ether oxygens (including phenoxy) is 3. The fourth-order valence-electron chi connectivity index (χ4n) is 2.56. The summed E-state index contributed by atoms with van der Waals surface area (Å²) >= 11 is 0. The Morgan fingerprint density at radius 2 is 1.85 bits per heavy atom. The summed E-state index contributed by atoms with van der Waals surface area (Å²) in [4.78, 5) is 36.0. The van der Waals surface area contributed by atoms with E-state index in [1.807, 2.05) is 0 Å². The minimum absolute atomic E-state index is 0.0294. The highest BCUT2D eigenvalue weighted by molar-refractivity contribution is 6.05. The SMILES string of the molecule is CC(=O)c1cc2c(cc1NC(=O)COC(=O)c1cccc(C)c1O)OCO2. The van der Waals surface area contributed by atoms with Gasteiger partial charge in [0.15, 0.2) is 23.9 Å². The number of carbonyl (C=O) groups excluding carboxylic acids is 3. The summed E-state index contributed by atoms with van der Waals surface area (Å²) in [6.45, 7) is 2.44. The van der Waals surface area contributed by atoms with Crippen molar-refractivity contribution in [1.82, 2.24) is 0 Å². The molecule has 2 aromatic carbocycles. The lowest BCUT2D eigenvalue weighted by Crippen LogP contribution is -2.22. The molecule has 1 heterocycles. The summed E-state index contributed by atoms with van der Waals surface area (Å²) in [5.41, 5.74) is 0.956. The molecule has 0 atom stereocenters. The molecule has 0 bridgehead atoms. The van der Waals surface area contributed by atoms with Crippen molar-refractivity contribution in [3.8, 4) is 17.2 Å². The van der Waals surface area contributed by atoms with Crippen molar-refractivity contribution in [3.05, 3.63) is 47.0 Å². The highest BCUT2D eigenvalue weighted by atomic mass is 16.7. The number of rotatable bonds is 5. The number of Topliss-reactive ketones (excluding diaryl/α,β-unsaturated/α-hetero) is 1. The highest BCUT2D eigenvalue weighted by Gasteiger charge is 2.21. The predicted molar refractivity (Wildman–Crippen MR) is 94.3 cm³/mol. The van der Waals surface area contributed by atoms with Crippen LogP contribution < -0.4 is 14.8 Å². The van der Waals surface area contributed by atoms with E-state index in [-0.39, 0.29) is 35.1 Å². The Bertz CT molecular complexity index is 936. The number of para-hydroxylation sites is 1. The van der Waals surface area contributed by atoms with Crippen molar-refractivity contribution in [2.24, 2.45) is 0 Å². The molecule has 1 aliphatic rings. The van der Waals surface area contributed by atoms with Crippen molar-refractivity contribution in [1.29, 1.82) is 0 Å². The Balaban J connectivity index is 1.69. The van der Waals surface area contributed by atoms with Gasteiger partial charge in [0.05, 0.1) is 5.69 Å². The number of hydrogen-bond donors (Lipinski definition) is 2. The van der Waals surface area contributed by atoms with Crippen LogP contribution in [-0.2, 0) is 9.53 Å². The first-order valence-corrected chi connectivity index (χ1v) is 8.07. The number of aromatic hydroxyl groups is 1. The van der Waals surface area contributed by atoms with Crippen molar-refractivity contribution < 1.29 is 33.7 Å². The number of amides is 1. The van der Waals surface area contributed by atoms with E-state index in [9.17, 15) is 19.5 Å². The number of anilines is 1. The first-order chi connectivity index (χ1) is 12.9. The number of benzene rings is 2. The van der Waals surface area contributed by atoms with Gasteiger partial charge in [-0.1, -0.05) is 12.1 Å². The Hall–Kier alpha value is -3.55. The predicted octanol–water partition coefficient (Wildman–Crippen LogP) is 2.43. The Morgan fingerprint density at radius 1 is 1.15 bits per heavy atom. The molecular formula is C19H17NO7. The van der Waals surface area contributed by atoms with Gasteiger partial charge in [-0.2, -0.15) is 0 Å². The molecule has 0 spiro atoms. The summed E-state index contributed by atoms with van der Waals surface area (Å²) in [5.74, 6) is -1.12. The quantitative estimate of drug-likeness (QED) is 0.613. The Morgan fingerprint density at radius 3 is 2.56 bits per heavy atom. The summed E-state index contributed by atoms with van der Waals surface area (Å²) < 4.78 is 15.4. The molecule has 0 fully saturated rings. The molecule has 8 nitrogen and oxygen atoms in total. The fourth-order valence-corrected chi connectivity index (χ4v) is 2.56. The average molecular weight is 371 g/mol. The third-order valence-corrected chi connectivity index (χ3v) is 3.96. The Kier molecular flexibility index (Phi) is 4.98. The van der Waals surface area contributed by atoms with Crippen LogP contribution in [0.25, 0.3) is 0 Å². The van der Waals surface area contributed by atoms with Gasteiger partial charge in [-0.05, 0) is 31.5 Å². The second-order valence-corrected chi connectivity index (χ2v) is 5.90. The topological polar surface area (TPSA) is 111 Å². The normalized spacial score (nSPS) is 11.8. The van der Waals surface area contributed by atoms with E-state index in [4.69, 9.17) is 14.2 Å². The van der Waals surface area contributed by atoms with Crippen LogP contribution in [-0.4, -0.2) is 36.2 Å². The molecule has 1 aliphatic heterocycles. The Labute approximate surface area is 154 Å². The molecule has 2 N–H and O–H groups in total. The fraction of sp³-hybridized carbons (Fsp3) is 0.211. The number of carbonyl (C=O) groups is 3. The van der Waals surface area contributed by atoms with E-state index < -0.39 is 18.5 Å². The number of ketones is 1. The van der Waals surface area contributed by atoms with Crippen molar-refractivity contribution in [2.45, 2.75) is 13.8 Å². The van der Waals surface area contributed by atoms with Crippen molar-refractivity contribution >= 4 is 23.3 Å². The van der Waals surface area contributed by atoms with Crippen LogP contribution in [0.15, 0.2) is 30.3 Å². The maximum atomic E-state index is 12.1. The maximum absolute atomic E-state index is 12.1. The van der Waals surface area contributed by atoms with Crippen LogP contribution in [0.4, 0.5) is 5.69 Å². The second-order valence-electron chi connectivity index (χ2n) is 5.90. The molecule has 27 heavy (non-hydrogen) atoms. The minimum atomic E-state index is -0.830. The van der Waals surface area contributed by atoms with Gasteiger partial charge < -0.3 is 24.6 Å². The molecule has 0 aromatic heterocycles. The molecule has 140 valence electrons. The van der Waals surface area contributed by atoms with E-state index in [1.54, 1.807) is 19.1 Å². The number of aryl methyl sites for hydroxylation is 1. The summed E-state index contributed by atoms with van der Waals surface area (Å²) in [6, 6.07) is 7.59. The number of nitrogens with one attached hydrogen (secondary N) is 1. The van der Waals surface area contributed by atoms with Gasteiger partial charge in [-0.15, -0.1) is 0 Å². The van der Waals surface area contributed by atoms with Crippen LogP contribution in [0.5, 0.6) is 17.2 Å². The lowest BCUT2D eigenvalue weighted by Gasteiger charge is -2.11. The molecule has 3 rings (SSSR count). The van der Waals surface area contributed by atoms with Gasteiger partial charge in [-0.25, -0.2) is 4.79 Å². The number of fused-ring (bicyclic) bond motifs is 1. The van der Waals surface area contributed by atoms with Gasteiger partial charge in [0.25, 0.3) is 5.91 Å².